The summed E-state index contributed by atoms with van der Waals surface area (Å²) in [7, 11) is 0. The number of nitrogens with two attached hydrogens (primary N) is 1. The predicted octanol–water partition coefficient (Wildman–Crippen LogP) is 1.80. The van der Waals surface area contributed by atoms with Gasteiger partial charge in [-0.2, -0.15) is 0 Å². The van der Waals surface area contributed by atoms with Gasteiger partial charge in [0.2, 0.25) is 5.91 Å². The number of pyridine rings is 1. The van der Waals surface area contributed by atoms with Gasteiger partial charge < -0.3 is 16.2 Å². The van der Waals surface area contributed by atoms with Crippen LogP contribution in [0.1, 0.15) is 35.6 Å². The normalized spacial score (nSPS) is 13.7. The highest BCUT2D eigenvalue weighted by atomic mass is 19.1. The lowest BCUT2D eigenvalue weighted by Gasteiger charge is -2.29. The molecule has 2 aromatic rings. The highest BCUT2D eigenvalue weighted by molar-refractivity contribution is 5.98. The third-order valence-corrected chi connectivity index (χ3v) is 4.98. The Balaban J connectivity index is 1.90. The van der Waals surface area contributed by atoms with Crippen LogP contribution in [0.2, 0.25) is 0 Å². The van der Waals surface area contributed by atoms with Crippen molar-refractivity contribution in [3.05, 3.63) is 47.0 Å². The number of fused-ring (bicyclic) bond motifs is 1. The molecule has 2 heterocycles. The second-order valence-electron chi connectivity index (χ2n) is 7.59. The smallest absolute Gasteiger partial charge is 0.267 e. The number of aromatic hydroxyl groups is 1. The van der Waals surface area contributed by atoms with Crippen molar-refractivity contribution in [2.75, 3.05) is 13.1 Å². The summed E-state index contributed by atoms with van der Waals surface area (Å²) < 4.78 is 14.5. The van der Waals surface area contributed by atoms with Crippen molar-refractivity contribution in [1.82, 2.24) is 15.2 Å². The monoisotopic (exact) mass is 413 g/mol. The van der Waals surface area contributed by atoms with Crippen LogP contribution in [0.5, 0.6) is 5.75 Å². The number of rotatable bonds is 5. The standard InChI is InChI=1S/C21H24FN5O3/c1-11(2)20(23)26-19(29)10-27-6-5-14-15(13-4-3-12(28)7-16(13)22)8-17(21(24)30)25-18(14)9-27/h3-4,7-8,11,28H,5-6,9-10H2,1-2H3,(H2,24,30)(H2,23,26,29). The molecule has 1 aromatic carbocycles. The molecular formula is C21H24FN5O3. The molecule has 0 fully saturated rings. The quantitative estimate of drug-likeness (QED) is 0.438. The first-order valence-electron chi connectivity index (χ1n) is 9.57. The van der Waals surface area contributed by atoms with Crippen LogP contribution in [0.4, 0.5) is 4.39 Å². The van der Waals surface area contributed by atoms with Crippen molar-refractivity contribution in [2.45, 2.75) is 26.8 Å². The van der Waals surface area contributed by atoms with E-state index in [-0.39, 0.29) is 47.8 Å². The van der Waals surface area contributed by atoms with Crippen molar-refractivity contribution in [3.63, 3.8) is 0 Å². The van der Waals surface area contributed by atoms with Gasteiger partial charge in [-0.05, 0) is 35.7 Å². The van der Waals surface area contributed by atoms with Crippen LogP contribution in [-0.2, 0) is 17.8 Å². The number of phenols is 1. The Bertz CT molecular complexity index is 1020. The number of primary amides is 1. The third kappa shape index (κ3) is 4.62. The molecule has 0 aliphatic carbocycles. The van der Waals surface area contributed by atoms with Crippen LogP contribution in [-0.4, -0.2) is 45.7 Å². The number of halogens is 1. The molecule has 0 radical (unpaired) electrons. The van der Waals surface area contributed by atoms with Crippen LogP contribution in [0.3, 0.4) is 0 Å². The van der Waals surface area contributed by atoms with Crippen molar-refractivity contribution in [2.24, 2.45) is 11.7 Å². The lowest BCUT2D eigenvalue weighted by molar-refractivity contribution is -0.121. The van der Waals surface area contributed by atoms with Gasteiger partial charge >= 0.3 is 0 Å². The van der Waals surface area contributed by atoms with Crippen LogP contribution < -0.4 is 11.1 Å². The first-order valence-corrected chi connectivity index (χ1v) is 9.57. The van der Waals surface area contributed by atoms with Gasteiger partial charge in [0.15, 0.2) is 0 Å². The molecule has 0 spiro atoms. The maximum absolute atomic E-state index is 14.5. The minimum absolute atomic E-state index is 0.00381. The molecule has 9 heteroatoms. The van der Waals surface area contributed by atoms with Crippen molar-refractivity contribution < 1.29 is 19.1 Å². The summed E-state index contributed by atoms with van der Waals surface area (Å²) in [5, 5.41) is 19.8. The summed E-state index contributed by atoms with van der Waals surface area (Å²) in [4.78, 5) is 30.2. The summed E-state index contributed by atoms with van der Waals surface area (Å²) in [5.41, 5.74) is 7.48. The molecule has 1 aromatic heterocycles. The average molecular weight is 413 g/mol. The van der Waals surface area contributed by atoms with E-state index in [1.165, 1.54) is 18.2 Å². The Morgan fingerprint density at radius 3 is 2.70 bits per heavy atom. The summed E-state index contributed by atoms with van der Waals surface area (Å²) >= 11 is 0. The number of carbonyl (C=O) groups excluding carboxylic acids is 2. The molecule has 0 saturated carbocycles. The van der Waals surface area contributed by atoms with Crippen LogP contribution in [0.15, 0.2) is 24.3 Å². The van der Waals surface area contributed by atoms with E-state index in [4.69, 9.17) is 11.1 Å². The zero-order valence-electron chi connectivity index (χ0n) is 16.8. The van der Waals surface area contributed by atoms with E-state index >= 15 is 0 Å². The van der Waals surface area contributed by atoms with E-state index < -0.39 is 11.7 Å². The second kappa shape index (κ2) is 8.58. The molecule has 2 amide bonds. The largest absolute Gasteiger partial charge is 0.508 e. The zero-order valence-corrected chi connectivity index (χ0v) is 16.8. The van der Waals surface area contributed by atoms with Crippen molar-refractivity contribution in [1.29, 1.82) is 5.41 Å². The Hall–Kier alpha value is -3.33. The van der Waals surface area contributed by atoms with Crippen LogP contribution in [0, 0.1) is 17.1 Å². The van der Waals surface area contributed by atoms with Gasteiger partial charge in [-0.25, -0.2) is 9.37 Å². The molecule has 0 saturated heterocycles. The molecule has 0 unspecified atom stereocenters. The summed E-state index contributed by atoms with van der Waals surface area (Å²) in [6.07, 6.45) is 0.492. The second-order valence-corrected chi connectivity index (χ2v) is 7.59. The number of phenolic OH excluding ortho intramolecular Hbond substituents is 1. The van der Waals surface area contributed by atoms with E-state index in [1.807, 2.05) is 18.7 Å². The number of aromatic nitrogens is 1. The van der Waals surface area contributed by atoms with Gasteiger partial charge in [0.1, 0.15) is 23.1 Å². The third-order valence-electron chi connectivity index (χ3n) is 4.98. The van der Waals surface area contributed by atoms with Crippen LogP contribution in [0.25, 0.3) is 11.1 Å². The number of nitrogens with zero attached hydrogens (tertiary/aromatic N) is 2. The molecule has 1 aliphatic rings. The fourth-order valence-corrected chi connectivity index (χ4v) is 3.36. The molecule has 1 aliphatic heterocycles. The molecule has 0 bridgehead atoms. The fraction of sp³-hybridized carbons (Fsp3) is 0.333. The first kappa shape index (κ1) is 21.4. The number of carbonyl (C=O) groups is 2. The van der Waals surface area contributed by atoms with Gasteiger partial charge in [0.05, 0.1) is 12.2 Å². The minimum Gasteiger partial charge on any atom is -0.508 e. The number of hydrogen-bond donors (Lipinski definition) is 4. The maximum atomic E-state index is 14.5. The Morgan fingerprint density at radius 1 is 1.33 bits per heavy atom. The van der Waals surface area contributed by atoms with Gasteiger partial charge in [-0.1, -0.05) is 13.8 Å². The number of benzene rings is 1. The molecule has 8 nitrogen and oxygen atoms in total. The molecule has 5 N–H and O–H groups in total. The zero-order chi connectivity index (χ0) is 22.0. The van der Waals surface area contributed by atoms with Gasteiger partial charge in [0, 0.05) is 30.6 Å². The number of hydrogen-bond acceptors (Lipinski definition) is 6. The lowest BCUT2D eigenvalue weighted by atomic mass is 9.92. The number of amides is 2. The summed E-state index contributed by atoms with van der Waals surface area (Å²) in [6, 6.07) is 5.29. The maximum Gasteiger partial charge on any atom is 0.267 e. The Morgan fingerprint density at radius 2 is 2.07 bits per heavy atom. The van der Waals surface area contributed by atoms with Gasteiger partial charge in [-0.15, -0.1) is 0 Å². The number of nitrogens with one attached hydrogen (secondary N) is 2. The van der Waals surface area contributed by atoms with Crippen molar-refractivity contribution in [3.8, 4) is 16.9 Å². The summed E-state index contributed by atoms with van der Waals surface area (Å²) in [5.74, 6) is -1.78. The Kier molecular flexibility index (Phi) is 6.12. The molecule has 30 heavy (non-hydrogen) atoms. The molecule has 158 valence electrons. The highest BCUT2D eigenvalue weighted by Crippen LogP contribution is 2.33. The predicted molar refractivity (Wildman–Crippen MR) is 110 cm³/mol. The lowest BCUT2D eigenvalue weighted by Crippen LogP contribution is -2.43. The minimum atomic E-state index is -0.738. The van der Waals surface area contributed by atoms with E-state index in [2.05, 4.69) is 10.3 Å². The summed E-state index contributed by atoms with van der Waals surface area (Å²) in [6.45, 7) is 4.52. The van der Waals surface area contributed by atoms with Gasteiger partial charge in [0.25, 0.3) is 5.91 Å². The molecule has 0 atom stereocenters. The SMILES string of the molecule is CC(C)C(=N)NC(=O)CN1CCc2c(-c3ccc(O)cc3F)cc(C(N)=O)nc2C1. The van der Waals surface area contributed by atoms with E-state index in [0.717, 1.165) is 11.6 Å². The molecule has 3 rings (SSSR count). The number of amidine groups is 1. The fourth-order valence-electron chi connectivity index (χ4n) is 3.36. The topological polar surface area (TPSA) is 132 Å². The van der Waals surface area contributed by atoms with E-state index in [9.17, 15) is 19.1 Å². The molecular weight excluding hydrogens is 389 g/mol. The Labute approximate surface area is 173 Å². The highest BCUT2D eigenvalue weighted by Gasteiger charge is 2.25. The first-order chi connectivity index (χ1) is 14.2. The average Bonchev–Trinajstić information content (AvgIpc) is 2.66. The van der Waals surface area contributed by atoms with E-state index in [1.54, 1.807) is 0 Å². The van der Waals surface area contributed by atoms with Gasteiger partial charge in [-0.3, -0.25) is 19.9 Å². The van der Waals surface area contributed by atoms with E-state index in [0.29, 0.717) is 24.2 Å². The van der Waals surface area contributed by atoms with Crippen LogP contribution >= 0.6 is 0 Å². The van der Waals surface area contributed by atoms with Crippen molar-refractivity contribution >= 4 is 17.6 Å².